The van der Waals surface area contributed by atoms with E-state index >= 15 is 0 Å². The number of anilines is 1. The zero-order valence-electron chi connectivity index (χ0n) is 25.0. The number of aromatic nitrogens is 4. The van der Waals surface area contributed by atoms with E-state index in [1.165, 1.54) is 11.3 Å². The molecule has 1 fully saturated rings. The summed E-state index contributed by atoms with van der Waals surface area (Å²) in [6.45, 7) is 1.94. The van der Waals surface area contributed by atoms with Crippen LogP contribution in [0.3, 0.4) is 0 Å². The zero-order chi connectivity index (χ0) is 31.1. The van der Waals surface area contributed by atoms with Gasteiger partial charge in [0, 0.05) is 23.4 Å². The monoisotopic (exact) mass is 616 g/mol. The molecule has 0 spiro atoms. The van der Waals surface area contributed by atoms with Gasteiger partial charge in [-0.25, -0.2) is 9.97 Å². The van der Waals surface area contributed by atoms with Crippen LogP contribution in [0.4, 0.5) is 5.00 Å². The Morgan fingerprint density at radius 3 is 2.49 bits per heavy atom. The number of hydrogen-bond donors (Lipinski definition) is 2. The second-order valence-electron chi connectivity index (χ2n) is 11.4. The third kappa shape index (κ3) is 5.31. The number of fused-ring (bicyclic) bond motifs is 2. The molecule has 0 atom stereocenters. The summed E-state index contributed by atoms with van der Waals surface area (Å²) in [5.41, 5.74) is 4.56. The number of amides is 1. The van der Waals surface area contributed by atoms with E-state index in [9.17, 15) is 15.0 Å². The number of benzene rings is 2. The lowest BCUT2D eigenvalue weighted by molar-refractivity contribution is 0.102. The maximum Gasteiger partial charge on any atom is 0.267 e. The van der Waals surface area contributed by atoms with Gasteiger partial charge in [0.1, 0.15) is 38.2 Å². The SMILES string of the molecule is COc1ccc(C(=O)Nc2sc(-c3cc4c(=O)n5cc(C)ccc5nc4n(C4CCCCC4)c3=N)nc2-c2ccccc2)cc1. The number of carbonyl (C=O) groups excluding carboxylic acids is 1. The molecule has 7 rings (SSSR count). The molecule has 4 heterocycles. The van der Waals surface area contributed by atoms with E-state index < -0.39 is 0 Å². The number of carbonyl (C=O) groups is 1. The fraction of sp³-hybridized carbons (Fsp3) is 0.229. The number of ether oxygens (including phenoxy) is 1. The number of nitrogens with one attached hydrogen (secondary N) is 2. The van der Waals surface area contributed by atoms with Crippen molar-refractivity contribution in [2.75, 3.05) is 12.4 Å². The van der Waals surface area contributed by atoms with Crippen LogP contribution in [0.15, 0.2) is 83.8 Å². The zero-order valence-corrected chi connectivity index (χ0v) is 25.9. The van der Waals surface area contributed by atoms with Crippen molar-refractivity contribution in [2.24, 2.45) is 0 Å². The number of hydrogen-bond acceptors (Lipinski definition) is 7. The predicted molar refractivity (Wildman–Crippen MR) is 177 cm³/mol. The fourth-order valence-electron chi connectivity index (χ4n) is 6.09. The van der Waals surface area contributed by atoms with Crippen LogP contribution in [0.5, 0.6) is 5.75 Å². The van der Waals surface area contributed by atoms with Crippen molar-refractivity contribution in [3.05, 3.63) is 106 Å². The first-order valence-electron chi connectivity index (χ1n) is 15.1. The van der Waals surface area contributed by atoms with E-state index in [0.29, 0.717) is 49.3 Å². The van der Waals surface area contributed by atoms with Gasteiger partial charge in [-0.1, -0.05) is 67.0 Å². The molecule has 4 aromatic heterocycles. The Kier molecular flexibility index (Phi) is 7.50. The number of thiazole rings is 1. The number of pyridine rings is 2. The molecular formula is C35H32N6O3S. The summed E-state index contributed by atoms with van der Waals surface area (Å²) in [4.78, 5) is 37.3. The van der Waals surface area contributed by atoms with Crippen molar-refractivity contribution in [1.82, 2.24) is 18.9 Å². The molecule has 0 bridgehead atoms. The molecule has 0 radical (unpaired) electrons. The topological polar surface area (TPSA) is 114 Å². The van der Waals surface area contributed by atoms with Crippen LogP contribution < -0.4 is 21.1 Å². The molecule has 0 saturated heterocycles. The first kappa shape index (κ1) is 28.7. The number of nitrogens with zero attached hydrogens (tertiary/aromatic N) is 4. The molecule has 2 aromatic carbocycles. The van der Waals surface area contributed by atoms with Gasteiger partial charge in [-0.15, -0.1) is 0 Å². The third-order valence-corrected chi connectivity index (χ3v) is 9.43. The summed E-state index contributed by atoms with van der Waals surface area (Å²) in [7, 11) is 1.58. The Morgan fingerprint density at radius 1 is 1.00 bits per heavy atom. The quantitative estimate of drug-likeness (QED) is 0.196. The third-order valence-electron chi connectivity index (χ3n) is 8.42. The Hall–Kier alpha value is -5.09. The molecule has 2 N–H and O–H groups in total. The molecule has 10 heteroatoms. The minimum atomic E-state index is -0.281. The highest BCUT2D eigenvalue weighted by Gasteiger charge is 2.25. The maximum absolute atomic E-state index is 14.0. The Labute approximate surface area is 263 Å². The number of rotatable bonds is 6. The van der Waals surface area contributed by atoms with Gasteiger partial charge in [0.05, 0.1) is 18.1 Å². The van der Waals surface area contributed by atoms with Crippen LogP contribution in [0, 0.1) is 12.3 Å². The largest absolute Gasteiger partial charge is 0.497 e. The van der Waals surface area contributed by atoms with Crippen molar-refractivity contribution in [3.63, 3.8) is 0 Å². The molecule has 0 aliphatic heterocycles. The van der Waals surface area contributed by atoms with E-state index in [1.54, 1.807) is 48.0 Å². The van der Waals surface area contributed by atoms with E-state index in [0.717, 1.165) is 43.2 Å². The van der Waals surface area contributed by atoms with Crippen LogP contribution >= 0.6 is 11.3 Å². The summed E-state index contributed by atoms with van der Waals surface area (Å²) in [5, 5.41) is 14.1. The van der Waals surface area contributed by atoms with Crippen molar-refractivity contribution < 1.29 is 9.53 Å². The van der Waals surface area contributed by atoms with Gasteiger partial charge < -0.3 is 14.6 Å². The van der Waals surface area contributed by atoms with Crippen LogP contribution in [-0.2, 0) is 0 Å². The normalized spacial score (nSPS) is 13.7. The number of methoxy groups -OCH3 is 1. The van der Waals surface area contributed by atoms with E-state index in [4.69, 9.17) is 14.7 Å². The molecule has 0 unspecified atom stereocenters. The average molecular weight is 617 g/mol. The smallest absolute Gasteiger partial charge is 0.267 e. The van der Waals surface area contributed by atoms with Gasteiger partial charge in [-0.3, -0.25) is 19.4 Å². The standard InChI is InChI=1S/C35H32N6O3S/c1-21-13-18-28-37-31-27(35(43)40(28)20-21)19-26(30(36)41(31)24-11-7-4-8-12-24)33-38-29(22-9-5-3-6-10-22)34(45-33)39-32(42)23-14-16-25(44-2)17-15-23/h3,5-6,9-10,13-20,24,36H,4,7-8,11-12H2,1-2H3,(H,39,42). The number of aryl methyl sites for hydroxylation is 1. The second-order valence-corrected chi connectivity index (χ2v) is 12.4. The molecule has 226 valence electrons. The van der Waals surface area contributed by atoms with Gasteiger partial charge in [-0.2, -0.15) is 0 Å². The first-order valence-corrected chi connectivity index (χ1v) is 15.9. The van der Waals surface area contributed by atoms with E-state index in [2.05, 4.69) is 5.32 Å². The lowest BCUT2D eigenvalue weighted by Crippen LogP contribution is -2.31. The maximum atomic E-state index is 14.0. The second kappa shape index (κ2) is 11.8. The molecule has 1 amide bonds. The summed E-state index contributed by atoms with van der Waals surface area (Å²) < 4.78 is 8.77. The van der Waals surface area contributed by atoms with Crippen LogP contribution in [0.2, 0.25) is 0 Å². The van der Waals surface area contributed by atoms with Gasteiger partial charge in [0.2, 0.25) is 0 Å². The van der Waals surface area contributed by atoms with Crippen molar-refractivity contribution in [2.45, 2.75) is 45.1 Å². The Morgan fingerprint density at radius 2 is 1.76 bits per heavy atom. The van der Waals surface area contributed by atoms with Gasteiger partial charge in [0.25, 0.3) is 11.5 Å². The Balaban J connectivity index is 1.43. The van der Waals surface area contributed by atoms with Crippen LogP contribution in [-0.4, -0.2) is 32.0 Å². The molecule has 1 aliphatic rings. The molecule has 9 nitrogen and oxygen atoms in total. The highest BCUT2D eigenvalue weighted by atomic mass is 32.1. The van der Waals surface area contributed by atoms with E-state index in [-0.39, 0.29) is 23.0 Å². The van der Waals surface area contributed by atoms with Gasteiger partial charge in [0.15, 0.2) is 0 Å². The highest BCUT2D eigenvalue weighted by molar-refractivity contribution is 7.19. The molecule has 1 aliphatic carbocycles. The summed E-state index contributed by atoms with van der Waals surface area (Å²) in [6, 6.07) is 22.2. The predicted octanol–water partition coefficient (Wildman–Crippen LogP) is 6.99. The minimum Gasteiger partial charge on any atom is -0.497 e. The van der Waals surface area contributed by atoms with Gasteiger partial charge in [-0.05, 0) is 61.7 Å². The minimum absolute atomic E-state index is 0.0521. The van der Waals surface area contributed by atoms with Crippen LogP contribution in [0.25, 0.3) is 38.5 Å². The lowest BCUT2D eigenvalue weighted by atomic mass is 9.95. The molecule has 45 heavy (non-hydrogen) atoms. The summed E-state index contributed by atoms with van der Waals surface area (Å²) in [6.07, 6.45) is 6.91. The molecule has 6 aromatic rings. The molecular weight excluding hydrogens is 584 g/mol. The van der Waals surface area contributed by atoms with E-state index in [1.807, 2.05) is 54.0 Å². The highest BCUT2D eigenvalue weighted by Crippen LogP contribution is 2.38. The summed E-state index contributed by atoms with van der Waals surface area (Å²) >= 11 is 1.30. The van der Waals surface area contributed by atoms with Crippen molar-refractivity contribution >= 4 is 38.9 Å². The lowest BCUT2D eigenvalue weighted by Gasteiger charge is -2.26. The molecule has 1 saturated carbocycles. The van der Waals surface area contributed by atoms with Crippen molar-refractivity contribution in [1.29, 1.82) is 5.41 Å². The van der Waals surface area contributed by atoms with Crippen LogP contribution in [0.1, 0.15) is 54.1 Å². The average Bonchev–Trinajstić information content (AvgIpc) is 3.49. The Bertz CT molecular complexity index is 2180. The fourth-order valence-corrected chi connectivity index (χ4v) is 7.09. The summed E-state index contributed by atoms with van der Waals surface area (Å²) in [5.74, 6) is 0.381. The van der Waals surface area contributed by atoms with Gasteiger partial charge >= 0.3 is 0 Å². The van der Waals surface area contributed by atoms with Crippen molar-refractivity contribution in [3.8, 4) is 27.6 Å². The first-order chi connectivity index (χ1) is 21.9.